The summed E-state index contributed by atoms with van der Waals surface area (Å²) in [5, 5.41) is 24.8. The number of carbonyl (C=O) groups excluding carboxylic acids is 4. The monoisotopic (exact) mass is 403 g/mol. The average Bonchev–Trinajstić information content (AvgIpc) is 2.60. The van der Waals surface area contributed by atoms with Crippen LogP contribution in [-0.2, 0) is 24.0 Å². The highest BCUT2D eigenvalue weighted by Gasteiger charge is 2.25. The van der Waals surface area contributed by atoms with Gasteiger partial charge in [-0.1, -0.05) is 13.8 Å². The number of aliphatic hydroxyl groups is 1. The highest BCUT2D eigenvalue weighted by molar-refractivity contribution is 5.92. The third-order valence-corrected chi connectivity index (χ3v) is 3.61. The molecule has 0 bridgehead atoms. The van der Waals surface area contributed by atoms with Crippen LogP contribution in [0.5, 0.6) is 0 Å². The lowest BCUT2D eigenvalue weighted by Crippen LogP contribution is -2.54. The highest BCUT2D eigenvalue weighted by Crippen LogP contribution is 2.05. The van der Waals surface area contributed by atoms with Gasteiger partial charge in [-0.25, -0.2) is 4.79 Å². The zero-order valence-electron chi connectivity index (χ0n) is 15.9. The van der Waals surface area contributed by atoms with E-state index in [9.17, 15) is 24.0 Å². The van der Waals surface area contributed by atoms with Gasteiger partial charge in [-0.15, -0.1) is 0 Å². The molecule has 160 valence electrons. The van der Waals surface area contributed by atoms with Crippen molar-refractivity contribution in [1.82, 2.24) is 16.0 Å². The fourth-order valence-electron chi connectivity index (χ4n) is 2.14. The summed E-state index contributed by atoms with van der Waals surface area (Å²) in [4.78, 5) is 57.8. The lowest BCUT2D eigenvalue weighted by Gasteiger charge is -2.21. The van der Waals surface area contributed by atoms with Crippen LogP contribution in [0, 0.1) is 5.92 Å². The number of carboxylic acids is 1. The van der Waals surface area contributed by atoms with E-state index in [1.807, 2.05) is 13.8 Å². The molecule has 12 heteroatoms. The van der Waals surface area contributed by atoms with Crippen LogP contribution in [0.1, 0.15) is 33.1 Å². The van der Waals surface area contributed by atoms with E-state index in [0.29, 0.717) is 0 Å². The zero-order chi connectivity index (χ0) is 21.9. The van der Waals surface area contributed by atoms with E-state index < -0.39 is 60.9 Å². The Kier molecular flexibility index (Phi) is 11.4. The molecule has 0 aromatic heterocycles. The second-order valence-electron chi connectivity index (χ2n) is 6.66. The van der Waals surface area contributed by atoms with E-state index in [4.69, 9.17) is 21.7 Å². The van der Waals surface area contributed by atoms with Gasteiger partial charge in [0.05, 0.1) is 13.2 Å². The maximum Gasteiger partial charge on any atom is 0.326 e. The van der Waals surface area contributed by atoms with Crippen LogP contribution in [0.25, 0.3) is 0 Å². The Morgan fingerprint density at radius 2 is 1.61 bits per heavy atom. The van der Waals surface area contributed by atoms with E-state index in [2.05, 4.69) is 16.0 Å². The molecule has 0 saturated heterocycles. The summed E-state index contributed by atoms with van der Waals surface area (Å²) in [6.07, 6.45) is -0.152. The van der Waals surface area contributed by atoms with Crippen molar-refractivity contribution in [2.75, 3.05) is 13.2 Å². The Balaban J connectivity index is 4.76. The minimum atomic E-state index is -1.34. The Labute approximate surface area is 162 Å². The molecule has 0 rings (SSSR count). The SMILES string of the molecule is CC(C)C[C@H](NC(=O)[C@@H](N)CO)C(=O)NCC(=O)N[C@@H](CCC(N)=O)C(=O)O. The number of carbonyl (C=O) groups is 5. The van der Waals surface area contributed by atoms with Gasteiger partial charge in [-0.05, 0) is 18.8 Å². The maximum atomic E-state index is 12.3. The first-order valence-corrected chi connectivity index (χ1v) is 8.72. The highest BCUT2D eigenvalue weighted by atomic mass is 16.4. The quantitative estimate of drug-likeness (QED) is 0.166. The van der Waals surface area contributed by atoms with Gasteiger partial charge >= 0.3 is 5.97 Å². The number of nitrogens with two attached hydrogens (primary N) is 2. The van der Waals surface area contributed by atoms with Gasteiger partial charge in [0.25, 0.3) is 0 Å². The molecular weight excluding hydrogens is 374 g/mol. The second kappa shape index (κ2) is 12.6. The Morgan fingerprint density at radius 3 is 2.07 bits per heavy atom. The van der Waals surface area contributed by atoms with Gasteiger partial charge in [0.1, 0.15) is 18.1 Å². The van der Waals surface area contributed by atoms with Crippen LogP contribution in [0.4, 0.5) is 0 Å². The molecule has 0 fully saturated rings. The Morgan fingerprint density at radius 1 is 1.00 bits per heavy atom. The Hall–Kier alpha value is -2.73. The van der Waals surface area contributed by atoms with Crippen LogP contribution >= 0.6 is 0 Å². The third-order valence-electron chi connectivity index (χ3n) is 3.61. The van der Waals surface area contributed by atoms with Crippen molar-refractivity contribution in [2.24, 2.45) is 17.4 Å². The van der Waals surface area contributed by atoms with Crippen LogP contribution in [-0.4, -0.2) is 71.1 Å². The normalized spacial score (nSPS) is 13.9. The maximum absolute atomic E-state index is 12.3. The summed E-state index contributed by atoms with van der Waals surface area (Å²) in [5.41, 5.74) is 10.4. The standard InChI is InChI=1S/C16H29N5O7/c1-8(2)5-11(21-14(25)9(17)7-22)15(26)19-6-13(24)20-10(16(27)28)3-4-12(18)23/h8-11,22H,3-7,17H2,1-2H3,(H2,18,23)(H,19,26)(H,20,24)(H,21,25)(H,27,28)/t9-,10-,11-/m0/s1. The predicted molar refractivity (Wildman–Crippen MR) is 97.5 cm³/mol. The van der Waals surface area contributed by atoms with Gasteiger partial charge in [0.2, 0.25) is 23.6 Å². The number of aliphatic carboxylic acids is 1. The third kappa shape index (κ3) is 10.4. The fourth-order valence-corrected chi connectivity index (χ4v) is 2.14. The molecule has 0 aromatic carbocycles. The van der Waals surface area contributed by atoms with Gasteiger partial charge in [0, 0.05) is 6.42 Å². The number of hydrogen-bond donors (Lipinski definition) is 7. The van der Waals surface area contributed by atoms with E-state index in [1.54, 1.807) is 0 Å². The molecule has 3 atom stereocenters. The lowest BCUT2D eigenvalue weighted by molar-refractivity contribution is -0.142. The van der Waals surface area contributed by atoms with Crippen LogP contribution in [0.3, 0.4) is 0 Å². The average molecular weight is 403 g/mol. The molecule has 0 aromatic rings. The summed E-state index contributed by atoms with van der Waals surface area (Å²) in [7, 11) is 0. The molecule has 4 amide bonds. The van der Waals surface area contributed by atoms with Gasteiger partial charge in [0.15, 0.2) is 0 Å². The van der Waals surface area contributed by atoms with E-state index in [0.717, 1.165) is 0 Å². The molecule has 0 radical (unpaired) electrons. The first-order chi connectivity index (χ1) is 13.0. The topological polar surface area (TPSA) is 214 Å². The van der Waals surface area contributed by atoms with Crippen molar-refractivity contribution in [2.45, 2.75) is 51.2 Å². The van der Waals surface area contributed by atoms with Crippen molar-refractivity contribution < 1.29 is 34.2 Å². The molecule has 12 nitrogen and oxygen atoms in total. The van der Waals surface area contributed by atoms with Crippen LogP contribution in [0.2, 0.25) is 0 Å². The van der Waals surface area contributed by atoms with Crippen molar-refractivity contribution in [3.8, 4) is 0 Å². The van der Waals surface area contributed by atoms with Gasteiger partial charge < -0.3 is 37.6 Å². The molecule has 0 aliphatic heterocycles. The zero-order valence-corrected chi connectivity index (χ0v) is 15.9. The molecule has 0 heterocycles. The number of rotatable bonds is 13. The molecule has 9 N–H and O–H groups in total. The van der Waals surface area contributed by atoms with E-state index in [1.165, 1.54) is 0 Å². The Bertz CT molecular complexity index is 582. The summed E-state index contributed by atoms with van der Waals surface area (Å²) >= 11 is 0. The van der Waals surface area contributed by atoms with Crippen molar-refractivity contribution in [1.29, 1.82) is 0 Å². The van der Waals surface area contributed by atoms with E-state index >= 15 is 0 Å². The number of hydrogen-bond acceptors (Lipinski definition) is 7. The number of nitrogens with one attached hydrogen (secondary N) is 3. The minimum absolute atomic E-state index is 0.0282. The molecule has 0 aliphatic rings. The number of aliphatic hydroxyl groups excluding tert-OH is 1. The molecular formula is C16H29N5O7. The van der Waals surface area contributed by atoms with Crippen LogP contribution < -0.4 is 27.4 Å². The number of amides is 4. The summed E-state index contributed by atoms with van der Waals surface area (Å²) in [6.45, 7) is 2.52. The van der Waals surface area contributed by atoms with Crippen LogP contribution in [0.15, 0.2) is 0 Å². The van der Waals surface area contributed by atoms with Crippen molar-refractivity contribution in [3.63, 3.8) is 0 Å². The van der Waals surface area contributed by atoms with Gasteiger partial charge in [-0.2, -0.15) is 0 Å². The first kappa shape index (κ1) is 25.3. The summed E-state index contributed by atoms with van der Waals surface area (Å²) < 4.78 is 0. The van der Waals surface area contributed by atoms with Crippen molar-refractivity contribution in [3.05, 3.63) is 0 Å². The fraction of sp³-hybridized carbons (Fsp3) is 0.688. The molecule has 0 unspecified atom stereocenters. The van der Waals surface area contributed by atoms with E-state index in [-0.39, 0.29) is 25.2 Å². The molecule has 28 heavy (non-hydrogen) atoms. The summed E-state index contributed by atoms with van der Waals surface area (Å²) in [5.74, 6) is -4.19. The molecule has 0 saturated carbocycles. The molecule has 0 spiro atoms. The largest absolute Gasteiger partial charge is 0.480 e. The number of carboxylic acid groups (broad SMARTS) is 1. The molecule has 0 aliphatic carbocycles. The lowest BCUT2D eigenvalue weighted by atomic mass is 10.0. The first-order valence-electron chi connectivity index (χ1n) is 8.72. The van der Waals surface area contributed by atoms with Gasteiger partial charge in [-0.3, -0.25) is 19.2 Å². The predicted octanol–water partition coefficient (Wildman–Crippen LogP) is -3.21. The minimum Gasteiger partial charge on any atom is -0.480 e. The smallest absolute Gasteiger partial charge is 0.326 e. The van der Waals surface area contributed by atoms with Crippen molar-refractivity contribution >= 4 is 29.6 Å². The second-order valence-corrected chi connectivity index (χ2v) is 6.66. The summed E-state index contributed by atoms with van der Waals surface area (Å²) in [6, 6.07) is -3.50. The number of primary amides is 1.